The van der Waals surface area contributed by atoms with Crippen LogP contribution in [0.1, 0.15) is 22.3 Å². The van der Waals surface area contributed by atoms with Gasteiger partial charge in [-0.25, -0.2) is 0 Å². The van der Waals surface area contributed by atoms with Gasteiger partial charge in [0.15, 0.2) is 0 Å². The molecule has 0 aliphatic carbocycles. The van der Waals surface area contributed by atoms with Gasteiger partial charge in [-0.1, -0.05) is 26.8 Å². The summed E-state index contributed by atoms with van der Waals surface area (Å²) in [5, 5.41) is 0. The molecule has 0 aliphatic heterocycles. The minimum absolute atomic E-state index is 0. The van der Waals surface area contributed by atoms with Gasteiger partial charge in [0.25, 0.3) is 0 Å². The molecule has 0 N–H and O–H groups in total. The van der Waals surface area contributed by atoms with E-state index >= 15 is 0 Å². The Morgan fingerprint density at radius 2 is 1.64 bits per heavy atom. The Kier molecular flexibility index (Phi) is 3.79. The minimum atomic E-state index is 0. The molecule has 1 aromatic rings. The Labute approximate surface area is 81.2 Å². The summed E-state index contributed by atoms with van der Waals surface area (Å²) in [4.78, 5) is 0. The summed E-state index contributed by atoms with van der Waals surface area (Å²) in [6.07, 6.45) is 0. The molecule has 0 nitrogen and oxygen atoms in total. The smallest absolute Gasteiger partial charge is 0.198 e. The van der Waals surface area contributed by atoms with Crippen LogP contribution in [0.4, 0.5) is 0 Å². The summed E-state index contributed by atoms with van der Waals surface area (Å²) in [5.41, 5.74) is 5.10. The maximum Gasteiger partial charge on any atom is 1.00 e. The first-order valence-corrected chi connectivity index (χ1v) is 3.51. The van der Waals surface area contributed by atoms with Crippen molar-refractivity contribution in [3.63, 3.8) is 0 Å². The molecular formula is C10H13Li. The van der Waals surface area contributed by atoms with Gasteiger partial charge >= 0.3 is 18.9 Å². The standard InChI is InChI=1S/C10H13.Li/c1-7-5-8(2)10(4)9(3)6-7;/h5-6H,2H2,1,3-4H3;/q-1;+1. The molecule has 1 rings (SSSR count). The van der Waals surface area contributed by atoms with E-state index in [4.69, 9.17) is 0 Å². The third kappa shape index (κ3) is 2.33. The zero-order valence-electron chi connectivity index (χ0n) is 7.86. The monoisotopic (exact) mass is 140 g/mol. The summed E-state index contributed by atoms with van der Waals surface area (Å²) in [7, 11) is 0. The Morgan fingerprint density at radius 1 is 1.09 bits per heavy atom. The first-order valence-electron chi connectivity index (χ1n) is 3.51. The van der Waals surface area contributed by atoms with E-state index in [0.717, 1.165) is 5.56 Å². The summed E-state index contributed by atoms with van der Waals surface area (Å²) < 4.78 is 0. The van der Waals surface area contributed by atoms with Crippen LogP contribution in [-0.2, 0) is 0 Å². The fraction of sp³-hybridized carbons (Fsp3) is 0.300. The van der Waals surface area contributed by atoms with Crippen molar-refractivity contribution in [3.8, 4) is 0 Å². The molecule has 0 fully saturated rings. The van der Waals surface area contributed by atoms with Crippen LogP contribution in [-0.4, -0.2) is 0 Å². The quantitative estimate of drug-likeness (QED) is 0.346. The van der Waals surface area contributed by atoms with Gasteiger partial charge in [-0.2, -0.15) is 18.6 Å². The number of hydrogen-bond donors (Lipinski definition) is 0. The van der Waals surface area contributed by atoms with Gasteiger partial charge in [-0.3, -0.25) is 0 Å². The van der Waals surface area contributed by atoms with Crippen molar-refractivity contribution >= 4 is 0 Å². The fourth-order valence-electron chi connectivity index (χ4n) is 1.13. The fourth-order valence-corrected chi connectivity index (χ4v) is 1.13. The number of hydrogen-bond acceptors (Lipinski definition) is 0. The Bertz CT molecular complexity index is 228. The second-order valence-corrected chi connectivity index (χ2v) is 2.87. The van der Waals surface area contributed by atoms with Crippen LogP contribution in [0.15, 0.2) is 12.1 Å². The van der Waals surface area contributed by atoms with Crippen LogP contribution in [0.3, 0.4) is 0 Å². The maximum absolute atomic E-state index is 3.94. The second-order valence-electron chi connectivity index (χ2n) is 2.87. The average Bonchev–Trinajstić information content (AvgIpc) is 1.82. The van der Waals surface area contributed by atoms with Crippen molar-refractivity contribution in [2.75, 3.05) is 0 Å². The van der Waals surface area contributed by atoms with Crippen molar-refractivity contribution in [2.24, 2.45) is 0 Å². The van der Waals surface area contributed by atoms with Gasteiger partial charge in [0.2, 0.25) is 0 Å². The molecule has 0 atom stereocenters. The van der Waals surface area contributed by atoms with Crippen LogP contribution < -0.4 is 18.9 Å². The summed E-state index contributed by atoms with van der Waals surface area (Å²) in [6, 6.07) is 4.30. The summed E-state index contributed by atoms with van der Waals surface area (Å²) >= 11 is 0. The molecule has 0 unspecified atom stereocenters. The van der Waals surface area contributed by atoms with E-state index in [1.54, 1.807) is 0 Å². The molecule has 0 amide bonds. The molecule has 0 aliphatic rings. The van der Waals surface area contributed by atoms with Gasteiger partial charge in [-0.15, -0.1) is 16.7 Å². The molecule has 0 spiro atoms. The van der Waals surface area contributed by atoms with Crippen molar-refractivity contribution in [1.82, 2.24) is 0 Å². The zero-order chi connectivity index (χ0) is 7.72. The van der Waals surface area contributed by atoms with E-state index in [0.29, 0.717) is 0 Å². The molecule has 54 valence electrons. The molecule has 0 saturated carbocycles. The molecule has 0 bridgehead atoms. The predicted octanol–water partition coefficient (Wildman–Crippen LogP) is -0.202. The Morgan fingerprint density at radius 3 is 2.09 bits per heavy atom. The number of rotatable bonds is 0. The maximum atomic E-state index is 3.94. The molecule has 0 saturated heterocycles. The van der Waals surface area contributed by atoms with E-state index in [2.05, 4.69) is 39.8 Å². The molecule has 1 heteroatoms. The Balaban J connectivity index is 0.000001000. The van der Waals surface area contributed by atoms with Gasteiger partial charge < -0.3 is 0 Å². The SMILES string of the molecule is [CH2-]c1cc(C)cc(C)c1C.[Li+]. The van der Waals surface area contributed by atoms with Crippen LogP contribution in [0.2, 0.25) is 0 Å². The van der Waals surface area contributed by atoms with Crippen molar-refractivity contribution < 1.29 is 18.9 Å². The van der Waals surface area contributed by atoms with Crippen LogP contribution in [0.25, 0.3) is 0 Å². The molecule has 11 heavy (non-hydrogen) atoms. The van der Waals surface area contributed by atoms with E-state index in [9.17, 15) is 0 Å². The largest absolute Gasteiger partial charge is 1.00 e. The molecule has 0 radical (unpaired) electrons. The number of aryl methyl sites for hydroxylation is 2. The average molecular weight is 140 g/mol. The van der Waals surface area contributed by atoms with E-state index in [1.165, 1.54) is 16.7 Å². The first-order chi connectivity index (χ1) is 4.61. The molecule has 0 heterocycles. The predicted molar refractivity (Wildman–Crippen MR) is 45.1 cm³/mol. The topological polar surface area (TPSA) is 0 Å². The zero-order valence-corrected chi connectivity index (χ0v) is 7.86. The normalized spacial score (nSPS) is 9.00. The molecule has 0 aromatic heterocycles. The van der Waals surface area contributed by atoms with Crippen LogP contribution in [0, 0.1) is 27.7 Å². The van der Waals surface area contributed by atoms with E-state index in [1.807, 2.05) is 0 Å². The van der Waals surface area contributed by atoms with E-state index < -0.39 is 0 Å². The van der Waals surface area contributed by atoms with Gasteiger partial charge in [0, 0.05) is 0 Å². The van der Waals surface area contributed by atoms with Crippen LogP contribution in [0.5, 0.6) is 0 Å². The molecular weight excluding hydrogens is 127 g/mol. The van der Waals surface area contributed by atoms with Crippen molar-refractivity contribution in [1.29, 1.82) is 0 Å². The first kappa shape index (κ1) is 10.7. The van der Waals surface area contributed by atoms with Crippen molar-refractivity contribution in [2.45, 2.75) is 20.8 Å². The van der Waals surface area contributed by atoms with Gasteiger partial charge in [0.1, 0.15) is 0 Å². The second kappa shape index (κ2) is 3.90. The van der Waals surface area contributed by atoms with Gasteiger partial charge in [0.05, 0.1) is 0 Å². The third-order valence-electron chi connectivity index (χ3n) is 1.92. The third-order valence-corrected chi connectivity index (χ3v) is 1.92. The Hall–Kier alpha value is -0.313. The summed E-state index contributed by atoms with van der Waals surface area (Å²) in [5.74, 6) is 0. The van der Waals surface area contributed by atoms with E-state index in [-0.39, 0.29) is 18.9 Å². The summed E-state index contributed by atoms with van der Waals surface area (Å²) in [6.45, 7) is 10.3. The molecule has 1 aromatic carbocycles. The minimum Gasteiger partial charge on any atom is -0.198 e. The van der Waals surface area contributed by atoms with Gasteiger partial charge in [-0.05, 0) is 0 Å². The van der Waals surface area contributed by atoms with Crippen molar-refractivity contribution in [3.05, 3.63) is 41.3 Å². The van der Waals surface area contributed by atoms with Crippen LogP contribution >= 0.6 is 0 Å². The number of benzene rings is 1.